The topological polar surface area (TPSA) is 216 Å². The maximum Gasteiger partial charge on any atom is 0.326 e. The van der Waals surface area contributed by atoms with E-state index in [1.807, 2.05) is 13.8 Å². The van der Waals surface area contributed by atoms with Gasteiger partial charge in [-0.05, 0) is 65.3 Å². The lowest BCUT2D eigenvalue weighted by Crippen LogP contribution is -2.79. The van der Waals surface area contributed by atoms with Crippen LogP contribution in [0.1, 0.15) is 85.7 Å². The number of aliphatic hydroxyl groups excluding tert-OH is 2. The molecule has 12 nitrogen and oxygen atoms in total. The second-order valence-corrected chi connectivity index (χ2v) is 14.6. The van der Waals surface area contributed by atoms with E-state index in [9.17, 15) is 44.4 Å². The summed E-state index contributed by atoms with van der Waals surface area (Å²) in [6, 6.07) is 8.61. The molecule has 2 aromatic carbocycles. The van der Waals surface area contributed by atoms with Gasteiger partial charge in [-0.25, -0.2) is 4.79 Å². The minimum Gasteiger partial charge on any atom is -0.505 e. The van der Waals surface area contributed by atoms with Crippen molar-refractivity contribution in [1.29, 1.82) is 0 Å². The SMILES string of the molecule is CC(C)c1cc(NC(=O)NC(=O)c2ccccc2)c(O)c2c1C[C@]1(C)C[C@]3(C)[C@@H](C(C)C)C(O)[C@@H](C(N)=O)C(=O)[C@]3(O)C(O)[C@H]1C2=O. The number of phenolic OH excluding ortho intramolecular Hbond substituents is 1. The molecule has 5 rings (SSSR count). The van der Waals surface area contributed by atoms with Crippen LogP contribution in [0.15, 0.2) is 36.4 Å². The van der Waals surface area contributed by atoms with Crippen molar-refractivity contribution >= 4 is 35.1 Å². The molecule has 0 heterocycles. The van der Waals surface area contributed by atoms with Crippen LogP contribution in [0.25, 0.3) is 0 Å². The van der Waals surface area contributed by atoms with E-state index in [4.69, 9.17) is 5.73 Å². The van der Waals surface area contributed by atoms with Gasteiger partial charge in [-0.3, -0.25) is 24.5 Å². The first-order valence-corrected chi connectivity index (χ1v) is 15.8. The number of ketones is 2. The Hall–Kier alpha value is -4.13. The molecule has 0 spiro atoms. The first-order valence-electron chi connectivity index (χ1n) is 15.8. The molecule has 12 heteroatoms. The Kier molecular flexibility index (Phi) is 8.40. The van der Waals surface area contributed by atoms with Gasteiger partial charge in [0, 0.05) is 11.0 Å². The number of hydrogen-bond donors (Lipinski definition) is 7. The largest absolute Gasteiger partial charge is 0.505 e. The summed E-state index contributed by atoms with van der Waals surface area (Å²) in [6.07, 6.45) is -3.38. The summed E-state index contributed by atoms with van der Waals surface area (Å²) in [5.41, 5.74) is 1.39. The number of imide groups is 1. The molecule has 0 saturated heterocycles. The molecule has 0 aromatic heterocycles. The molecule has 8 atom stereocenters. The predicted octanol–water partition coefficient (Wildman–Crippen LogP) is 2.66. The Labute approximate surface area is 272 Å². The van der Waals surface area contributed by atoms with Gasteiger partial charge in [0.1, 0.15) is 17.8 Å². The van der Waals surface area contributed by atoms with Crippen LogP contribution in [-0.4, -0.2) is 67.6 Å². The fourth-order valence-electron chi connectivity index (χ4n) is 9.16. The fraction of sp³-hybridized carbons (Fsp3) is 0.514. The van der Waals surface area contributed by atoms with Crippen molar-refractivity contribution < 1.29 is 44.4 Å². The molecule has 3 aliphatic carbocycles. The first kappa shape index (κ1) is 34.2. The van der Waals surface area contributed by atoms with Gasteiger partial charge < -0.3 is 31.5 Å². The Balaban J connectivity index is 1.61. The summed E-state index contributed by atoms with van der Waals surface area (Å²) in [5.74, 6) is -8.96. The van der Waals surface area contributed by atoms with Gasteiger partial charge in [0.05, 0.1) is 23.3 Å². The quantitative estimate of drug-likeness (QED) is 0.187. The van der Waals surface area contributed by atoms with Crippen LogP contribution in [0.4, 0.5) is 10.5 Å². The summed E-state index contributed by atoms with van der Waals surface area (Å²) in [7, 11) is 0. The molecular weight excluding hydrogens is 606 g/mol. The molecule has 3 aliphatic rings. The number of carbonyl (C=O) groups excluding carboxylic acids is 5. The lowest BCUT2D eigenvalue weighted by Gasteiger charge is -2.66. The zero-order valence-corrected chi connectivity index (χ0v) is 27.3. The summed E-state index contributed by atoms with van der Waals surface area (Å²) in [4.78, 5) is 66.3. The molecule has 252 valence electrons. The molecular formula is C35H43N3O9. The van der Waals surface area contributed by atoms with Gasteiger partial charge in [0.2, 0.25) is 5.91 Å². The molecule has 2 unspecified atom stereocenters. The van der Waals surface area contributed by atoms with Gasteiger partial charge in [-0.1, -0.05) is 59.7 Å². The van der Waals surface area contributed by atoms with Crippen molar-refractivity contribution in [2.75, 3.05) is 5.32 Å². The highest BCUT2D eigenvalue weighted by Crippen LogP contribution is 2.66. The number of Topliss-reactive ketones (excluding diaryl/α,β-unsaturated/α-hetero) is 2. The monoisotopic (exact) mass is 649 g/mol. The molecule has 0 radical (unpaired) electrons. The number of nitrogens with one attached hydrogen (secondary N) is 2. The number of aromatic hydroxyl groups is 1. The van der Waals surface area contributed by atoms with Gasteiger partial charge in [0.15, 0.2) is 17.2 Å². The number of aliphatic hydroxyl groups is 3. The average Bonchev–Trinajstić information content (AvgIpc) is 2.96. The zero-order chi connectivity index (χ0) is 35.0. The van der Waals surface area contributed by atoms with Crippen molar-refractivity contribution in [2.24, 2.45) is 40.2 Å². The zero-order valence-electron chi connectivity index (χ0n) is 27.3. The molecule has 2 aromatic rings. The number of fused-ring (bicyclic) bond motifs is 3. The summed E-state index contributed by atoms with van der Waals surface area (Å²) >= 11 is 0. The highest BCUT2D eigenvalue weighted by atomic mass is 16.4. The van der Waals surface area contributed by atoms with Gasteiger partial charge >= 0.3 is 6.03 Å². The van der Waals surface area contributed by atoms with Gasteiger partial charge in [-0.15, -0.1) is 0 Å². The predicted molar refractivity (Wildman–Crippen MR) is 170 cm³/mol. The first-order chi connectivity index (χ1) is 21.8. The molecule has 8 N–H and O–H groups in total. The van der Waals surface area contributed by atoms with Crippen LogP contribution in [0, 0.1) is 34.5 Å². The van der Waals surface area contributed by atoms with Crippen molar-refractivity contribution in [1.82, 2.24) is 5.32 Å². The van der Waals surface area contributed by atoms with Crippen LogP contribution in [-0.2, 0) is 16.0 Å². The highest BCUT2D eigenvalue weighted by molar-refractivity contribution is 6.12. The summed E-state index contributed by atoms with van der Waals surface area (Å²) in [5, 5.41) is 51.8. The number of nitrogens with two attached hydrogens (primary N) is 1. The minimum absolute atomic E-state index is 0.0167. The van der Waals surface area contributed by atoms with Crippen molar-refractivity contribution in [2.45, 2.75) is 78.1 Å². The van der Waals surface area contributed by atoms with E-state index in [2.05, 4.69) is 10.6 Å². The number of primary amides is 1. The Bertz CT molecular complexity index is 1670. The molecule has 4 amide bonds. The number of rotatable bonds is 5. The van der Waals surface area contributed by atoms with Crippen LogP contribution in [0.5, 0.6) is 5.75 Å². The Morgan fingerprint density at radius 3 is 2.19 bits per heavy atom. The van der Waals surface area contributed by atoms with E-state index >= 15 is 0 Å². The van der Waals surface area contributed by atoms with Crippen molar-refractivity contribution in [3.05, 3.63) is 58.7 Å². The van der Waals surface area contributed by atoms with Crippen LogP contribution < -0.4 is 16.4 Å². The van der Waals surface area contributed by atoms with Crippen LogP contribution >= 0.6 is 0 Å². The van der Waals surface area contributed by atoms with E-state index in [-0.39, 0.29) is 41.5 Å². The summed E-state index contributed by atoms with van der Waals surface area (Å²) < 4.78 is 0. The summed E-state index contributed by atoms with van der Waals surface area (Å²) in [6.45, 7) is 10.7. The van der Waals surface area contributed by atoms with E-state index in [0.29, 0.717) is 11.1 Å². The van der Waals surface area contributed by atoms with Crippen LogP contribution in [0.3, 0.4) is 0 Å². The van der Waals surface area contributed by atoms with E-state index in [0.717, 1.165) is 0 Å². The lowest BCUT2D eigenvalue weighted by atomic mass is 9.39. The average molecular weight is 650 g/mol. The standard InChI is InChI=1S/C35H43N3O9/c1-15(2)18-12-20(37-32(46)38-31(45)17-10-8-7-9-11-17)25(39)21-19(18)13-33(5)14-34(6)23(16(3)4)27(41)22(30(36)44)28(42)35(34,47)29(43)24(33)26(21)40/h7-12,15-16,22-24,27,29,39,41,43,47H,13-14H2,1-6H3,(H2,36,44)(H2,37,38,45,46)/t22-,23+,24-,27?,29?,33-,34-,35+/m1/s1. The van der Waals surface area contributed by atoms with E-state index in [1.54, 1.807) is 52.0 Å². The number of carbonyl (C=O) groups is 5. The van der Waals surface area contributed by atoms with E-state index in [1.165, 1.54) is 12.1 Å². The van der Waals surface area contributed by atoms with Crippen LogP contribution in [0.2, 0.25) is 0 Å². The number of anilines is 1. The highest BCUT2D eigenvalue weighted by Gasteiger charge is 2.76. The molecule has 0 aliphatic heterocycles. The Morgan fingerprint density at radius 1 is 1.02 bits per heavy atom. The van der Waals surface area contributed by atoms with Crippen molar-refractivity contribution in [3.8, 4) is 5.75 Å². The lowest BCUT2D eigenvalue weighted by molar-refractivity contribution is -0.265. The minimum atomic E-state index is -2.64. The normalized spacial score (nSPS) is 33.1. The maximum absolute atomic E-state index is 14.5. The fourth-order valence-corrected chi connectivity index (χ4v) is 9.16. The molecule has 2 fully saturated rings. The van der Waals surface area contributed by atoms with Gasteiger partial charge in [-0.2, -0.15) is 0 Å². The Morgan fingerprint density at radius 2 is 1.64 bits per heavy atom. The molecule has 2 saturated carbocycles. The second kappa shape index (κ2) is 11.5. The smallest absolute Gasteiger partial charge is 0.326 e. The number of amides is 4. The third-order valence-electron chi connectivity index (χ3n) is 10.9. The number of phenols is 1. The molecule has 47 heavy (non-hydrogen) atoms. The maximum atomic E-state index is 14.5. The van der Waals surface area contributed by atoms with Gasteiger partial charge in [0.25, 0.3) is 5.91 Å². The van der Waals surface area contributed by atoms with E-state index < -0.39 is 81.6 Å². The second-order valence-electron chi connectivity index (χ2n) is 14.6. The number of hydrogen-bond acceptors (Lipinski definition) is 9. The molecule has 0 bridgehead atoms. The number of urea groups is 1. The number of benzene rings is 2. The van der Waals surface area contributed by atoms with Crippen molar-refractivity contribution in [3.63, 3.8) is 0 Å². The third kappa shape index (κ3) is 4.96. The third-order valence-corrected chi connectivity index (χ3v) is 10.9.